The largest absolute Gasteiger partial charge is 0.497 e. The Hall–Kier alpha value is -1.96. The lowest BCUT2D eigenvalue weighted by atomic mass is 10.2. The number of amides is 1. The molecule has 1 N–H and O–H groups in total. The Morgan fingerprint density at radius 2 is 2.04 bits per heavy atom. The third kappa shape index (κ3) is 5.26. The third-order valence-corrected chi connectivity index (χ3v) is 5.06. The van der Waals surface area contributed by atoms with E-state index in [2.05, 4.69) is 25.5 Å². The Kier molecular flexibility index (Phi) is 6.01. The van der Waals surface area contributed by atoms with Gasteiger partial charge in [-0.1, -0.05) is 6.07 Å². The van der Waals surface area contributed by atoms with Crippen molar-refractivity contribution in [2.75, 3.05) is 45.2 Å². The Labute approximate surface area is 152 Å². The molecule has 1 aliphatic heterocycles. The molecule has 0 spiro atoms. The van der Waals surface area contributed by atoms with E-state index in [0.29, 0.717) is 6.54 Å². The number of methoxy groups -OCH3 is 1. The number of ether oxygens (including phenoxy) is 1. The Morgan fingerprint density at radius 1 is 1.28 bits per heavy atom. The second-order valence-electron chi connectivity index (χ2n) is 6.19. The summed E-state index contributed by atoms with van der Waals surface area (Å²) >= 11 is 1.70. The predicted octanol–water partition coefficient (Wildman–Crippen LogP) is 2.22. The number of rotatable bonds is 6. The van der Waals surface area contributed by atoms with Gasteiger partial charge in [0.2, 0.25) is 5.91 Å². The lowest BCUT2D eigenvalue weighted by Gasteiger charge is -2.33. The van der Waals surface area contributed by atoms with Crippen molar-refractivity contribution in [3.8, 4) is 5.75 Å². The molecule has 1 aliphatic rings. The molecule has 0 radical (unpaired) electrons. The van der Waals surface area contributed by atoms with Crippen LogP contribution in [0.15, 0.2) is 29.6 Å². The third-order valence-electron chi connectivity index (χ3n) is 4.24. The van der Waals surface area contributed by atoms with Gasteiger partial charge in [0.15, 0.2) is 0 Å². The first-order valence-electron chi connectivity index (χ1n) is 8.42. The van der Waals surface area contributed by atoms with Gasteiger partial charge in [-0.05, 0) is 19.1 Å². The van der Waals surface area contributed by atoms with Crippen molar-refractivity contribution in [1.82, 2.24) is 14.8 Å². The molecule has 0 saturated carbocycles. The van der Waals surface area contributed by atoms with Gasteiger partial charge >= 0.3 is 0 Å². The molecule has 2 heterocycles. The van der Waals surface area contributed by atoms with Crippen molar-refractivity contribution in [2.45, 2.75) is 13.5 Å². The molecule has 3 rings (SSSR count). The van der Waals surface area contributed by atoms with Gasteiger partial charge in [-0.3, -0.25) is 14.6 Å². The smallest absolute Gasteiger partial charge is 0.238 e. The first-order chi connectivity index (χ1) is 12.1. The number of hydrogen-bond donors (Lipinski definition) is 1. The zero-order valence-electron chi connectivity index (χ0n) is 14.7. The molecule has 0 atom stereocenters. The van der Waals surface area contributed by atoms with E-state index in [1.54, 1.807) is 18.4 Å². The maximum absolute atomic E-state index is 12.2. The molecule has 0 unspecified atom stereocenters. The van der Waals surface area contributed by atoms with E-state index in [9.17, 15) is 4.79 Å². The summed E-state index contributed by atoms with van der Waals surface area (Å²) in [6, 6.07) is 7.42. The molecule has 6 nitrogen and oxygen atoms in total. The van der Waals surface area contributed by atoms with Crippen molar-refractivity contribution in [3.05, 3.63) is 40.3 Å². The van der Waals surface area contributed by atoms with Gasteiger partial charge in [0, 0.05) is 49.9 Å². The standard InChI is InChI=1S/C18H24N4O2S/c1-14-19-16(13-25-14)11-21-6-8-22(9-7-21)12-18(23)20-15-4-3-5-17(10-15)24-2/h3-5,10,13H,6-9,11-12H2,1-2H3,(H,20,23). The predicted molar refractivity (Wildman–Crippen MR) is 100 cm³/mol. The molecule has 0 bridgehead atoms. The van der Waals surface area contributed by atoms with E-state index in [1.165, 1.54) is 0 Å². The van der Waals surface area contributed by atoms with E-state index in [1.807, 2.05) is 31.2 Å². The van der Waals surface area contributed by atoms with Crippen LogP contribution in [0.1, 0.15) is 10.7 Å². The highest BCUT2D eigenvalue weighted by Gasteiger charge is 2.19. The van der Waals surface area contributed by atoms with Crippen molar-refractivity contribution in [1.29, 1.82) is 0 Å². The summed E-state index contributed by atoms with van der Waals surface area (Å²) in [6.45, 7) is 7.07. The van der Waals surface area contributed by atoms with Crippen LogP contribution in [-0.4, -0.2) is 60.5 Å². The lowest BCUT2D eigenvalue weighted by molar-refractivity contribution is -0.117. The van der Waals surface area contributed by atoms with Crippen molar-refractivity contribution in [2.24, 2.45) is 0 Å². The molecule has 1 aromatic heterocycles. The summed E-state index contributed by atoms with van der Waals surface area (Å²) in [5.74, 6) is 0.750. The highest BCUT2D eigenvalue weighted by molar-refractivity contribution is 7.09. The van der Waals surface area contributed by atoms with Crippen LogP contribution in [0.2, 0.25) is 0 Å². The summed E-state index contributed by atoms with van der Waals surface area (Å²) < 4.78 is 5.18. The number of aromatic nitrogens is 1. The summed E-state index contributed by atoms with van der Waals surface area (Å²) in [4.78, 5) is 21.3. The minimum Gasteiger partial charge on any atom is -0.497 e. The summed E-state index contributed by atoms with van der Waals surface area (Å²) in [7, 11) is 1.62. The van der Waals surface area contributed by atoms with Crippen LogP contribution in [0.25, 0.3) is 0 Å². The number of carbonyl (C=O) groups is 1. The summed E-state index contributed by atoms with van der Waals surface area (Å²) in [6.07, 6.45) is 0. The Morgan fingerprint density at radius 3 is 2.72 bits per heavy atom. The average molecular weight is 360 g/mol. The van der Waals surface area contributed by atoms with E-state index in [0.717, 1.165) is 54.9 Å². The van der Waals surface area contributed by atoms with Crippen LogP contribution in [0, 0.1) is 6.92 Å². The van der Waals surface area contributed by atoms with Gasteiger partial charge in [0.1, 0.15) is 5.75 Å². The van der Waals surface area contributed by atoms with Gasteiger partial charge in [0.05, 0.1) is 24.4 Å². The molecule has 25 heavy (non-hydrogen) atoms. The zero-order valence-corrected chi connectivity index (χ0v) is 15.5. The average Bonchev–Trinajstić information content (AvgIpc) is 3.01. The SMILES string of the molecule is COc1cccc(NC(=O)CN2CCN(Cc3csc(C)n3)CC2)c1. The van der Waals surface area contributed by atoms with E-state index >= 15 is 0 Å². The van der Waals surface area contributed by atoms with Gasteiger partial charge in [-0.2, -0.15) is 0 Å². The van der Waals surface area contributed by atoms with Crippen molar-refractivity contribution >= 4 is 22.9 Å². The molecule has 134 valence electrons. The molecule has 1 amide bonds. The molecule has 2 aromatic rings. The van der Waals surface area contributed by atoms with E-state index in [-0.39, 0.29) is 5.91 Å². The number of nitrogens with one attached hydrogen (secondary N) is 1. The topological polar surface area (TPSA) is 57.7 Å². The monoisotopic (exact) mass is 360 g/mol. The maximum atomic E-state index is 12.2. The lowest BCUT2D eigenvalue weighted by Crippen LogP contribution is -2.48. The first kappa shape index (κ1) is 17.8. The van der Waals surface area contributed by atoms with Crippen molar-refractivity contribution < 1.29 is 9.53 Å². The van der Waals surface area contributed by atoms with Crippen LogP contribution in [0.3, 0.4) is 0 Å². The highest BCUT2D eigenvalue weighted by atomic mass is 32.1. The fourth-order valence-electron chi connectivity index (χ4n) is 2.92. The van der Waals surface area contributed by atoms with Crippen LogP contribution >= 0.6 is 11.3 Å². The van der Waals surface area contributed by atoms with Gasteiger partial charge in [0.25, 0.3) is 0 Å². The maximum Gasteiger partial charge on any atom is 0.238 e. The number of nitrogens with zero attached hydrogens (tertiary/aromatic N) is 3. The number of thiazole rings is 1. The van der Waals surface area contributed by atoms with Crippen molar-refractivity contribution in [3.63, 3.8) is 0 Å². The molecule has 1 saturated heterocycles. The number of anilines is 1. The second kappa shape index (κ2) is 8.42. The van der Waals surface area contributed by atoms with E-state index in [4.69, 9.17) is 4.74 Å². The first-order valence-corrected chi connectivity index (χ1v) is 9.30. The molecule has 0 aliphatic carbocycles. The molecular formula is C18H24N4O2S. The number of carbonyl (C=O) groups excluding carboxylic acids is 1. The van der Waals surface area contributed by atoms with Gasteiger partial charge in [-0.25, -0.2) is 4.98 Å². The number of piperazine rings is 1. The Bertz CT molecular complexity index is 711. The number of hydrogen-bond acceptors (Lipinski definition) is 6. The van der Waals surface area contributed by atoms with Crippen LogP contribution in [0.5, 0.6) is 5.75 Å². The molecule has 1 aromatic carbocycles. The summed E-state index contributed by atoms with van der Waals surface area (Å²) in [5, 5.41) is 6.18. The molecular weight excluding hydrogens is 336 g/mol. The minimum absolute atomic E-state index is 0.0110. The fraction of sp³-hybridized carbons (Fsp3) is 0.444. The normalized spacial score (nSPS) is 15.9. The number of benzene rings is 1. The van der Waals surface area contributed by atoms with Gasteiger partial charge in [-0.15, -0.1) is 11.3 Å². The quantitative estimate of drug-likeness (QED) is 0.856. The van der Waals surface area contributed by atoms with Crippen LogP contribution < -0.4 is 10.1 Å². The van der Waals surface area contributed by atoms with Crippen LogP contribution in [-0.2, 0) is 11.3 Å². The number of aryl methyl sites for hydroxylation is 1. The van der Waals surface area contributed by atoms with Gasteiger partial charge < -0.3 is 10.1 Å². The van der Waals surface area contributed by atoms with E-state index < -0.39 is 0 Å². The van der Waals surface area contributed by atoms with Crippen LogP contribution in [0.4, 0.5) is 5.69 Å². The Balaban J connectivity index is 1.42. The zero-order chi connectivity index (χ0) is 17.6. The highest BCUT2D eigenvalue weighted by Crippen LogP contribution is 2.17. The summed E-state index contributed by atoms with van der Waals surface area (Å²) in [5.41, 5.74) is 1.91. The second-order valence-corrected chi connectivity index (χ2v) is 7.25. The minimum atomic E-state index is 0.0110. The molecule has 7 heteroatoms. The fourth-order valence-corrected chi connectivity index (χ4v) is 3.52. The molecule has 1 fully saturated rings.